The summed E-state index contributed by atoms with van der Waals surface area (Å²) in [5.41, 5.74) is -5.97. The van der Waals surface area contributed by atoms with Gasteiger partial charge in [0.05, 0.1) is 39.5 Å². The van der Waals surface area contributed by atoms with Crippen LogP contribution in [0.25, 0.3) is 22.8 Å². The van der Waals surface area contributed by atoms with E-state index in [2.05, 4.69) is 15.0 Å². The number of halogens is 9. The lowest BCUT2D eigenvalue weighted by molar-refractivity contribution is -0.138. The Hall–Kier alpha value is -3.18. The molecule has 0 aliphatic carbocycles. The van der Waals surface area contributed by atoms with Crippen molar-refractivity contribution in [3.63, 3.8) is 0 Å². The van der Waals surface area contributed by atoms with Gasteiger partial charge in [-0.3, -0.25) is 9.97 Å². The summed E-state index contributed by atoms with van der Waals surface area (Å²) in [5.74, 6) is 0. The molecule has 0 saturated heterocycles. The third-order valence-corrected chi connectivity index (χ3v) is 3.85. The molecule has 0 aliphatic heterocycles. The summed E-state index contributed by atoms with van der Waals surface area (Å²) in [6.07, 6.45) is -13.0. The van der Waals surface area contributed by atoms with Gasteiger partial charge in [0.25, 0.3) is 0 Å². The van der Waals surface area contributed by atoms with Gasteiger partial charge in [-0.25, -0.2) is 4.98 Å². The van der Waals surface area contributed by atoms with E-state index >= 15 is 0 Å². The molecule has 0 spiro atoms. The Balaban J connectivity index is 2.20. The second-order valence-electron chi connectivity index (χ2n) is 5.98. The Morgan fingerprint density at radius 3 is 1.13 bits per heavy atom. The molecule has 0 unspecified atom stereocenters. The minimum absolute atomic E-state index is 0.458. The Labute approximate surface area is 162 Å². The number of aromatic nitrogens is 3. The first-order valence-electron chi connectivity index (χ1n) is 7.92. The molecule has 0 aliphatic rings. The van der Waals surface area contributed by atoms with Crippen molar-refractivity contribution in [1.29, 1.82) is 0 Å². The topological polar surface area (TPSA) is 38.7 Å². The van der Waals surface area contributed by atoms with Crippen LogP contribution in [0.15, 0.2) is 48.8 Å². The van der Waals surface area contributed by atoms with Crippen LogP contribution in [0.1, 0.15) is 16.7 Å². The van der Waals surface area contributed by atoms with Gasteiger partial charge in [-0.1, -0.05) is 0 Å². The van der Waals surface area contributed by atoms with Crippen LogP contribution < -0.4 is 0 Å². The lowest BCUT2D eigenvalue weighted by Crippen LogP contribution is -2.09. The molecular formula is C18H8F9N3. The van der Waals surface area contributed by atoms with Crippen LogP contribution in [0.5, 0.6) is 0 Å². The summed E-state index contributed by atoms with van der Waals surface area (Å²) in [7, 11) is 0. The fourth-order valence-corrected chi connectivity index (χ4v) is 2.45. The van der Waals surface area contributed by atoms with E-state index in [1.54, 1.807) is 0 Å². The molecule has 0 atom stereocenters. The molecule has 12 heteroatoms. The molecule has 0 fully saturated rings. The summed E-state index contributed by atoms with van der Waals surface area (Å²) >= 11 is 0. The van der Waals surface area contributed by atoms with Crippen LogP contribution in [0.4, 0.5) is 39.5 Å². The Morgan fingerprint density at radius 2 is 0.800 bits per heavy atom. The lowest BCUT2D eigenvalue weighted by Gasteiger charge is -2.13. The zero-order valence-electron chi connectivity index (χ0n) is 14.4. The quantitative estimate of drug-likeness (QED) is 0.444. The minimum atomic E-state index is -4.95. The molecule has 0 radical (unpaired) electrons. The van der Waals surface area contributed by atoms with Crippen LogP contribution >= 0.6 is 0 Å². The summed E-state index contributed by atoms with van der Waals surface area (Å²) < 4.78 is 117. The zero-order valence-corrected chi connectivity index (χ0v) is 14.4. The highest BCUT2D eigenvalue weighted by Crippen LogP contribution is 2.36. The second kappa shape index (κ2) is 7.26. The van der Waals surface area contributed by atoms with Crippen LogP contribution in [0, 0.1) is 0 Å². The number of nitrogens with zero attached hydrogens (tertiary/aromatic N) is 3. The van der Waals surface area contributed by atoms with Crippen LogP contribution in [-0.4, -0.2) is 15.0 Å². The van der Waals surface area contributed by atoms with Gasteiger partial charge in [0.15, 0.2) is 0 Å². The normalized spacial score (nSPS) is 12.8. The molecule has 0 bridgehead atoms. The van der Waals surface area contributed by atoms with Crippen molar-refractivity contribution in [2.45, 2.75) is 18.5 Å². The number of hydrogen-bond donors (Lipinski definition) is 0. The van der Waals surface area contributed by atoms with Crippen molar-refractivity contribution < 1.29 is 39.5 Å². The van der Waals surface area contributed by atoms with Crippen molar-refractivity contribution in [3.05, 3.63) is 65.5 Å². The van der Waals surface area contributed by atoms with Crippen molar-refractivity contribution in [2.24, 2.45) is 0 Å². The van der Waals surface area contributed by atoms with Crippen LogP contribution in [-0.2, 0) is 18.5 Å². The number of alkyl halides is 9. The fraction of sp³-hybridized carbons (Fsp3) is 0.167. The molecule has 3 aromatic rings. The molecule has 3 nitrogen and oxygen atoms in total. The van der Waals surface area contributed by atoms with Crippen molar-refractivity contribution in [1.82, 2.24) is 15.0 Å². The van der Waals surface area contributed by atoms with Crippen molar-refractivity contribution in [2.75, 3.05) is 0 Å². The molecule has 30 heavy (non-hydrogen) atoms. The molecule has 3 aromatic heterocycles. The highest BCUT2D eigenvalue weighted by molar-refractivity contribution is 5.64. The first-order chi connectivity index (χ1) is 13.7. The Kier molecular flexibility index (Phi) is 5.21. The third kappa shape index (κ3) is 4.69. The van der Waals surface area contributed by atoms with Gasteiger partial charge in [0.1, 0.15) is 0 Å². The molecule has 3 rings (SSSR count). The van der Waals surface area contributed by atoms with E-state index in [0.717, 1.165) is 12.4 Å². The van der Waals surface area contributed by atoms with E-state index in [0.29, 0.717) is 36.4 Å². The number of hydrogen-bond acceptors (Lipinski definition) is 3. The van der Waals surface area contributed by atoms with Gasteiger partial charge in [-0.2, -0.15) is 39.5 Å². The maximum atomic E-state index is 13.3. The fourth-order valence-electron chi connectivity index (χ4n) is 2.45. The molecule has 3 heterocycles. The van der Waals surface area contributed by atoms with Crippen LogP contribution in [0.2, 0.25) is 0 Å². The maximum absolute atomic E-state index is 13.3. The predicted molar refractivity (Wildman–Crippen MR) is 85.7 cm³/mol. The average molecular weight is 437 g/mol. The molecule has 0 saturated carbocycles. The van der Waals surface area contributed by atoms with Gasteiger partial charge in [0.2, 0.25) is 0 Å². The smallest absolute Gasteiger partial charge is 0.255 e. The van der Waals surface area contributed by atoms with Gasteiger partial charge in [-0.05, 0) is 36.4 Å². The number of rotatable bonds is 2. The summed E-state index contributed by atoms with van der Waals surface area (Å²) in [6.45, 7) is 0. The summed E-state index contributed by atoms with van der Waals surface area (Å²) in [4.78, 5) is 11.0. The standard InChI is InChI=1S/C18H8F9N3/c19-16(20,21)9-1-3-28-12(5-9)14-7-11(18(25,26)27)8-15(30-14)13-6-10(2-4-29-13)17(22,23)24/h1-8H. The predicted octanol–water partition coefficient (Wildman–Crippen LogP) is 6.26. The first kappa shape index (κ1) is 21.5. The van der Waals surface area contributed by atoms with Crippen LogP contribution in [0.3, 0.4) is 0 Å². The van der Waals surface area contributed by atoms with Crippen molar-refractivity contribution in [3.8, 4) is 22.8 Å². The van der Waals surface area contributed by atoms with E-state index < -0.39 is 58.0 Å². The zero-order chi connectivity index (χ0) is 22.3. The van der Waals surface area contributed by atoms with Crippen molar-refractivity contribution >= 4 is 0 Å². The SMILES string of the molecule is FC(F)(F)c1ccnc(-c2cc(C(F)(F)F)cc(-c3cc(C(F)(F)F)ccn3)n2)c1. The van der Waals surface area contributed by atoms with Gasteiger partial charge < -0.3 is 0 Å². The Bertz CT molecular complexity index is 994. The number of pyridine rings is 3. The van der Waals surface area contributed by atoms with E-state index in [1.165, 1.54) is 0 Å². The summed E-state index contributed by atoms with van der Waals surface area (Å²) in [6, 6.07) is 3.13. The monoisotopic (exact) mass is 437 g/mol. The largest absolute Gasteiger partial charge is 0.416 e. The molecule has 0 aromatic carbocycles. The first-order valence-corrected chi connectivity index (χ1v) is 7.92. The average Bonchev–Trinajstić information content (AvgIpc) is 2.66. The van der Waals surface area contributed by atoms with Gasteiger partial charge in [-0.15, -0.1) is 0 Å². The highest BCUT2D eigenvalue weighted by Gasteiger charge is 2.34. The maximum Gasteiger partial charge on any atom is 0.416 e. The molecular weight excluding hydrogens is 429 g/mol. The lowest BCUT2D eigenvalue weighted by atomic mass is 10.1. The molecule has 0 N–H and O–H groups in total. The van der Waals surface area contributed by atoms with E-state index in [1.807, 2.05) is 0 Å². The molecule has 0 amide bonds. The van der Waals surface area contributed by atoms with Gasteiger partial charge in [0, 0.05) is 12.4 Å². The minimum Gasteiger partial charge on any atom is -0.255 e. The second-order valence-corrected chi connectivity index (χ2v) is 5.98. The highest BCUT2D eigenvalue weighted by atomic mass is 19.4. The van der Waals surface area contributed by atoms with E-state index in [-0.39, 0.29) is 0 Å². The Morgan fingerprint density at radius 1 is 0.467 bits per heavy atom. The summed E-state index contributed by atoms with van der Waals surface area (Å²) in [5, 5.41) is 0. The van der Waals surface area contributed by atoms with E-state index in [4.69, 9.17) is 0 Å². The van der Waals surface area contributed by atoms with Gasteiger partial charge >= 0.3 is 18.5 Å². The molecule has 158 valence electrons. The third-order valence-electron chi connectivity index (χ3n) is 3.85. The van der Waals surface area contributed by atoms with E-state index in [9.17, 15) is 39.5 Å².